The number of nitrogens with zero attached hydrogens (tertiary/aromatic N) is 4. The first kappa shape index (κ1) is 18.0. The lowest BCUT2D eigenvalue weighted by molar-refractivity contribution is -0.384. The minimum Gasteiger partial charge on any atom is -0.444 e. The first-order valence-corrected chi connectivity index (χ1v) is 7.95. The highest BCUT2D eigenvalue weighted by Gasteiger charge is 2.36. The molecule has 1 aliphatic rings. The molecule has 0 saturated carbocycles. The second-order valence-corrected chi connectivity index (χ2v) is 7.10. The van der Waals surface area contributed by atoms with Gasteiger partial charge in [-0.2, -0.15) is 0 Å². The van der Waals surface area contributed by atoms with Gasteiger partial charge in [-0.05, 0) is 40.7 Å². The molecule has 1 aromatic rings. The van der Waals surface area contributed by atoms with E-state index in [0.29, 0.717) is 18.8 Å². The van der Waals surface area contributed by atoms with E-state index in [0.717, 1.165) is 0 Å². The molecule has 0 aliphatic carbocycles. The molecule has 1 saturated heterocycles. The molecule has 0 unspecified atom stereocenters. The lowest BCUT2D eigenvalue weighted by atomic mass is 10.1. The number of hydrogen-bond acceptors (Lipinski definition) is 6. The number of rotatable bonds is 2. The van der Waals surface area contributed by atoms with Crippen LogP contribution in [0.2, 0.25) is 0 Å². The quantitative estimate of drug-likeness (QED) is 0.609. The standard InChI is InChI=1S/C16H24N4O4/c1-11-10-19(15(21)24-16(3,4)5)12(2)9-18(11)13-6-7-17-8-14(13)20(22)23/h6-8,11-12H,9-10H2,1-5H3/t11-,12-/m0/s1. The number of piperazine rings is 1. The summed E-state index contributed by atoms with van der Waals surface area (Å²) in [4.78, 5) is 30.6. The van der Waals surface area contributed by atoms with Gasteiger partial charge in [0, 0.05) is 31.4 Å². The van der Waals surface area contributed by atoms with E-state index in [1.807, 2.05) is 39.5 Å². The van der Waals surface area contributed by atoms with Crippen LogP contribution in [0.1, 0.15) is 34.6 Å². The van der Waals surface area contributed by atoms with E-state index in [4.69, 9.17) is 4.74 Å². The van der Waals surface area contributed by atoms with E-state index in [2.05, 4.69) is 4.98 Å². The second kappa shape index (κ2) is 6.62. The van der Waals surface area contributed by atoms with Crippen LogP contribution < -0.4 is 4.90 Å². The van der Waals surface area contributed by atoms with Gasteiger partial charge in [-0.1, -0.05) is 0 Å². The van der Waals surface area contributed by atoms with Crippen molar-refractivity contribution in [2.24, 2.45) is 0 Å². The topological polar surface area (TPSA) is 88.8 Å². The third-order valence-corrected chi connectivity index (χ3v) is 3.90. The summed E-state index contributed by atoms with van der Waals surface area (Å²) in [6, 6.07) is 1.45. The molecule has 0 radical (unpaired) electrons. The molecule has 1 amide bonds. The van der Waals surface area contributed by atoms with Crippen molar-refractivity contribution in [3.63, 3.8) is 0 Å². The molecule has 2 atom stereocenters. The molecule has 0 N–H and O–H groups in total. The maximum Gasteiger partial charge on any atom is 0.410 e. The number of nitro groups is 1. The highest BCUT2D eigenvalue weighted by atomic mass is 16.6. The fourth-order valence-electron chi connectivity index (χ4n) is 2.80. The first-order valence-electron chi connectivity index (χ1n) is 7.95. The largest absolute Gasteiger partial charge is 0.444 e. The zero-order valence-corrected chi connectivity index (χ0v) is 14.7. The van der Waals surface area contributed by atoms with E-state index in [9.17, 15) is 14.9 Å². The smallest absolute Gasteiger partial charge is 0.410 e. The van der Waals surface area contributed by atoms with Gasteiger partial charge in [0.2, 0.25) is 0 Å². The molecule has 1 aromatic heterocycles. The first-order chi connectivity index (χ1) is 11.1. The lowest BCUT2D eigenvalue weighted by Gasteiger charge is -2.44. The number of anilines is 1. The van der Waals surface area contributed by atoms with Crippen molar-refractivity contribution in [3.05, 3.63) is 28.6 Å². The van der Waals surface area contributed by atoms with E-state index < -0.39 is 10.5 Å². The van der Waals surface area contributed by atoms with Crippen LogP contribution in [0.25, 0.3) is 0 Å². The van der Waals surface area contributed by atoms with Crippen LogP contribution in [-0.4, -0.2) is 51.7 Å². The van der Waals surface area contributed by atoms with Crippen molar-refractivity contribution in [1.82, 2.24) is 9.88 Å². The zero-order valence-electron chi connectivity index (χ0n) is 14.7. The fourth-order valence-corrected chi connectivity index (χ4v) is 2.80. The van der Waals surface area contributed by atoms with Gasteiger partial charge in [0.15, 0.2) is 0 Å². The predicted octanol–water partition coefficient (Wildman–Crippen LogP) is 2.82. The molecule has 24 heavy (non-hydrogen) atoms. The molecular weight excluding hydrogens is 312 g/mol. The maximum atomic E-state index is 12.4. The number of ether oxygens (including phenoxy) is 1. The molecule has 2 rings (SSSR count). The molecule has 1 aliphatic heterocycles. The van der Waals surface area contributed by atoms with Gasteiger partial charge in [-0.25, -0.2) is 4.79 Å². The summed E-state index contributed by atoms with van der Waals surface area (Å²) in [6.45, 7) is 10.3. The number of carbonyl (C=O) groups excluding carboxylic acids is 1. The van der Waals surface area contributed by atoms with Crippen LogP contribution in [0.4, 0.5) is 16.2 Å². The van der Waals surface area contributed by atoms with Crippen molar-refractivity contribution < 1.29 is 14.5 Å². The minimum atomic E-state index is -0.555. The minimum absolute atomic E-state index is 0.0257. The Kier molecular flexibility index (Phi) is 4.96. The number of pyridine rings is 1. The average Bonchev–Trinajstić information content (AvgIpc) is 2.47. The fraction of sp³-hybridized carbons (Fsp3) is 0.625. The summed E-state index contributed by atoms with van der Waals surface area (Å²) in [5.74, 6) is 0. The maximum absolute atomic E-state index is 12.4. The number of hydrogen-bond donors (Lipinski definition) is 0. The van der Waals surface area contributed by atoms with Crippen molar-refractivity contribution in [3.8, 4) is 0 Å². The van der Waals surface area contributed by atoms with E-state index >= 15 is 0 Å². The Labute approximate surface area is 141 Å². The third-order valence-electron chi connectivity index (χ3n) is 3.90. The van der Waals surface area contributed by atoms with Gasteiger partial charge in [0.25, 0.3) is 0 Å². The molecule has 132 valence electrons. The Balaban J connectivity index is 2.20. The predicted molar refractivity (Wildman–Crippen MR) is 90.1 cm³/mol. The molecule has 2 heterocycles. The van der Waals surface area contributed by atoms with Crippen molar-refractivity contribution in [2.75, 3.05) is 18.0 Å². The SMILES string of the molecule is C[C@H]1CN(c2ccncc2[N+](=O)[O-])[C@@H](C)CN1C(=O)OC(C)(C)C. The van der Waals surface area contributed by atoms with Gasteiger partial charge >= 0.3 is 11.8 Å². The summed E-state index contributed by atoms with van der Waals surface area (Å²) < 4.78 is 5.45. The molecule has 0 bridgehead atoms. The molecular formula is C16H24N4O4. The summed E-state index contributed by atoms with van der Waals surface area (Å²) in [5.41, 5.74) is -0.0541. The number of amides is 1. The van der Waals surface area contributed by atoms with Gasteiger partial charge in [-0.3, -0.25) is 15.1 Å². The van der Waals surface area contributed by atoms with E-state index in [1.54, 1.807) is 17.2 Å². The van der Waals surface area contributed by atoms with Gasteiger partial charge in [0.1, 0.15) is 17.5 Å². The molecule has 0 spiro atoms. The normalized spacial score (nSPS) is 21.5. The average molecular weight is 336 g/mol. The van der Waals surface area contributed by atoms with Crippen LogP contribution in [0.3, 0.4) is 0 Å². The third kappa shape index (κ3) is 3.93. The number of aromatic nitrogens is 1. The van der Waals surface area contributed by atoms with Crippen LogP contribution in [0.15, 0.2) is 18.5 Å². The second-order valence-electron chi connectivity index (χ2n) is 7.10. The van der Waals surface area contributed by atoms with Crippen molar-refractivity contribution in [2.45, 2.75) is 52.3 Å². The van der Waals surface area contributed by atoms with Gasteiger partial charge in [-0.15, -0.1) is 0 Å². The highest BCUT2D eigenvalue weighted by Crippen LogP contribution is 2.31. The van der Waals surface area contributed by atoms with Crippen LogP contribution in [-0.2, 0) is 4.74 Å². The van der Waals surface area contributed by atoms with Crippen LogP contribution in [0.5, 0.6) is 0 Å². The van der Waals surface area contributed by atoms with Crippen molar-refractivity contribution in [1.29, 1.82) is 0 Å². The Morgan fingerprint density at radius 3 is 2.58 bits per heavy atom. The Morgan fingerprint density at radius 2 is 2.00 bits per heavy atom. The lowest BCUT2D eigenvalue weighted by Crippen LogP contribution is -2.59. The zero-order chi connectivity index (χ0) is 18.1. The van der Waals surface area contributed by atoms with E-state index in [1.165, 1.54) is 6.20 Å². The Morgan fingerprint density at radius 1 is 1.33 bits per heavy atom. The van der Waals surface area contributed by atoms with E-state index in [-0.39, 0.29) is 23.9 Å². The Hall–Kier alpha value is -2.38. The molecule has 8 nitrogen and oxygen atoms in total. The van der Waals surface area contributed by atoms with Crippen LogP contribution >= 0.6 is 0 Å². The van der Waals surface area contributed by atoms with Gasteiger partial charge in [0.05, 0.1) is 4.92 Å². The molecule has 1 fully saturated rings. The van der Waals surface area contributed by atoms with Gasteiger partial charge < -0.3 is 14.5 Å². The monoisotopic (exact) mass is 336 g/mol. The summed E-state index contributed by atoms with van der Waals surface area (Å²) in [5, 5.41) is 11.2. The molecule has 8 heteroatoms. The number of carbonyl (C=O) groups is 1. The summed E-state index contributed by atoms with van der Waals surface area (Å²) in [7, 11) is 0. The summed E-state index contributed by atoms with van der Waals surface area (Å²) in [6.07, 6.45) is 2.44. The summed E-state index contributed by atoms with van der Waals surface area (Å²) >= 11 is 0. The van der Waals surface area contributed by atoms with Crippen LogP contribution in [0, 0.1) is 10.1 Å². The van der Waals surface area contributed by atoms with Crippen molar-refractivity contribution >= 4 is 17.5 Å². The Bertz CT molecular complexity index is 629. The highest BCUT2D eigenvalue weighted by molar-refractivity contribution is 5.70. The molecule has 0 aromatic carbocycles.